The molecule has 22 heavy (non-hydrogen) atoms. The Morgan fingerprint density at radius 2 is 2.00 bits per heavy atom. The largest absolute Gasteiger partial charge is 0.378 e. The molecule has 0 amide bonds. The van der Waals surface area contributed by atoms with Crippen LogP contribution in [-0.2, 0) is 6.54 Å². The van der Waals surface area contributed by atoms with Gasteiger partial charge in [-0.15, -0.1) is 0 Å². The molecule has 0 unspecified atom stereocenters. The Bertz CT molecular complexity index is 773. The molecule has 2 aromatic rings. The first-order chi connectivity index (χ1) is 10.4. The van der Waals surface area contributed by atoms with E-state index in [1.54, 1.807) is 19.9 Å². The number of rotatable bonds is 4. The molecule has 0 aliphatic heterocycles. The van der Waals surface area contributed by atoms with Crippen molar-refractivity contribution >= 4 is 10.9 Å². The molecular weight excluding hydrogens is 276 g/mol. The van der Waals surface area contributed by atoms with E-state index in [2.05, 4.69) is 23.9 Å². The summed E-state index contributed by atoms with van der Waals surface area (Å²) in [5.74, 6) is 5.40. The second-order valence-corrected chi connectivity index (χ2v) is 5.93. The van der Waals surface area contributed by atoms with Gasteiger partial charge in [0.15, 0.2) is 5.69 Å². The molecule has 4 nitrogen and oxygen atoms in total. The average Bonchev–Trinajstić information content (AvgIpc) is 2.48. The minimum atomic E-state index is -1.15. The number of para-hydroxylation sites is 1. The molecule has 0 saturated heterocycles. The van der Waals surface area contributed by atoms with E-state index in [9.17, 15) is 9.90 Å². The summed E-state index contributed by atoms with van der Waals surface area (Å²) >= 11 is 0. The summed E-state index contributed by atoms with van der Waals surface area (Å²) in [7, 11) is 0. The van der Waals surface area contributed by atoms with E-state index in [1.807, 2.05) is 22.9 Å². The van der Waals surface area contributed by atoms with Crippen molar-refractivity contribution in [1.82, 2.24) is 9.78 Å². The molecule has 0 aliphatic rings. The smallest absolute Gasteiger partial charge is 0.223 e. The lowest BCUT2D eigenvalue weighted by Gasteiger charge is -2.10. The maximum absolute atomic E-state index is 12.5. The van der Waals surface area contributed by atoms with Crippen LogP contribution in [0.1, 0.15) is 45.7 Å². The lowest BCUT2D eigenvalue weighted by molar-refractivity contribution is 0.143. The molecule has 0 aliphatic carbocycles. The van der Waals surface area contributed by atoms with Gasteiger partial charge < -0.3 is 5.11 Å². The summed E-state index contributed by atoms with van der Waals surface area (Å²) < 4.78 is 1.85. The fourth-order valence-corrected chi connectivity index (χ4v) is 2.21. The lowest BCUT2D eigenvalue weighted by Crippen LogP contribution is -2.19. The van der Waals surface area contributed by atoms with Gasteiger partial charge in [0.2, 0.25) is 5.43 Å². The van der Waals surface area contributed by atoms with Gasteiger partial charge in [0, 0.05) is 6.54 Å². The third-order valence-corrected chi connectivity index (χ3v) is 3.32. The van der Waals surface area contributed by atoms with Gasteiger partial charge in [0.25, 0.3) is 0 Å². The van der Waals surface area contributed by atoms with Gasteiger partial charge in [-0.3, -0.25) is 9.48 Å². The van der Waals surface area contributed by atoms with Crippen LogP contribution < -0.4 is 5.43 Å². The van der Waals surface area contributed by atoms with E-state index >= 15 is 0 Å². The van der Waals surface area contributed by atoms with Gasteiger partial charge in [0.05, 0.1) is 10.9 Å². The van der Waals surface area contributed by atoms with Gasteiger partial charge in [-0.05, 0) is 38.3 Å². The van der Waals surface area contributed by atoms with E-state index in [-0.39, 0.29) is 11.1 Å². The Kier molecular flexibility index (Phi) is 4.99. The minimum absolute atomic E-state index is 0.181. The number of aliphatic hydroxyl groups is 1. The van der Waals surface area contributed by atoms with Crippen LogP contribution in [0.15, 0.2) is 29.1 Å². The first-order valence-electron chi connectivity index (χ1n) is 7.68. The fraction of sp³-hybridized carbons (Fsp3) is 0.444. The van der Waals surface area contributed by atoms with E-state index in [4.69, 9.17) is 0 Å². The number of aromatic nitrogens is 2. The Morgan fingerprint density at radius 3 is 2.68 bits per heavy atom. The standard InChI is InChI=1S/C18H22N2O2/c1-4-5-8-13-20-16-10-7-6-9-14(16)17(21)15(19-20)11-12-18(2,3)22/h6-7,9-10,22H,4-5,8,13H2,1-3H3. The highest BCUT2D eigenvalue weighted by Gasteiger charge is 2.11. The van der Waals surface area contributed by atoms with Crippen molar-refractivity contribution in [3.8, 4) is 11.8 Å². The van der Waals surface area contributed by atoms with Crippen molar-refractivity contribution in [3.05, 3.63) is 40.2 Å². The van der Waals surface area contributed by atoms with Crippen LogP contribution in [0.4, 0.5) is 0 Å². The topological polar surface area (TPSA) is 55.1 Å². The van der Waals surface area contributed by atoms with Crippen LogP contribution in [-0.4, -0.2) is 20.5 Å². The summed E-state index contributed by atoms with van der Waals surface area (Å²) in [6.07, 6.45) is 3.25. The molecule has 1 N–H and O–H groups in total. The number of fused-ring (bicyclic) bond motifs is 1. The number of hydrogen-bond acceptors (Lipinski definition) is 3. The summed E-state index contributed by atoms with van der Waals surface area (Å²) in [6.45, 7) is 6.07. The maximum atomic E-state index is 12.5. The SMILES string of the molecule is CCCCCn1nc(C#CC(C)(C)O)c(=O)c2ccccc21. The molecule has 116 valence electrons. The highest BCUT2D eigenvalue weighted by Crippen LogP contribution is 2.11. The van der Waals surface area contributed by atoms with Crippen LogP contribution in [0, 0.1) is 11.8 Å². The lowest BCUT2D eigenvalue weighted by atomic mass is 10.1. The highest BCUT2D eigenvalue weighted by molar-refractivity contribution is 5.79. The molecule has 0 spiro atoms. The van der Waals surface area contributed by atoms with Gasteiger partial charge in [-0.1, -0.05) is 37.8 Å². The maximum Gasteiger partial charge on any atom is 0.223 e. The normalized spacial score (nSPS) is 11.3. The zero-order valence-electron chi connectivity index (χ0n) is 13.4. The van der Waals surface area contributed by atoms with Gasteiger partial charge in [-0.2, -0.15) is 5.10 Å². The molecule has 1 aromatic carbocycles. The first-order valence-corrected chi connectivity index (χ1v) is 7.68. The number of unbranched alkanes of at least 4 members (excludes halogenated alkanes) is 2. The number of nitrogens with zero attached hydrogens (tertiary/aromatic N) is 2. The van der Waals surface area contributed by atoms with Gasteiger partial charge >= 0.3 is 0 Å². The monoisotopic (exact) mass is 298 g/mol. The predicted molar refractivity (Wildman–Crippen MR) is 88.7 cm³/mol. The quantitative estimate of drug-likeness (QED) is 0.697. The number of aryl methyl sites for hydroxylation is 1. The third kappa shape index (κ3) is 3.96. The van der Waals surface area contributed by atoms with Crippen LogP contribution in [0.5, 0.6) is 0 Å². The zero-order valence-corrected chi connectivity index (χ0v) is 13.4. The molecule has 4 heteroatoms. The molecule has 0 atom stereocenters. The van der Waals surface area contributed by atoms with Crippen molar-refractivity contribution < 1.29 is 5.11 Å². The number of hydrogen-bond donors (Lipinski definition) is 1. The molecule has 1 aromatic heterocycles. The molecule has 0 saturated carbocycles. The molecule has 0 bridgehead atoms. The molecule has 2 rings (SSSR count). The summed E-state index contributed by atoms with van der Waals surface area (Å²) in [5.41, 5.74) is -0.305. The molecule has 1 heterocycles. The first kappa shape index (κ1) is 16.3. The summed E-state index contributed by atoms with van der Waals surface area (Å²) in [6, 6.07) is 7.45. The third-order valence-electron chi connectivity index (χ3n) is 3.32. The van der Waals surface area contributed by atoms with Crippen LogP contribution in [0.3, 0.4) is 0 Å². The van der Waals surface area contributed by atoms with Crippen LogP contribution in [0.25, 0.3) is 10.9 Å². The Balaban J connectivity index is 2.55. The Morgan fingerprint density at radius 1 is 1.27 bits per heavy atom. The summed E-state index contributed by atoms with van der Waals surface area (Å²) in [5, 5.41) is 14.7. The highest BCUT2D eigenvalue weighted by atomic mass is 16.3. The Hall–Kier alpha value is -2.12. The van der Waals surface area contributed by atoms with E-state index in [0.29, 0.717) is 5.39 Å². The van der Waals surface area contributed by atoms with Crippen molar-refractivity contribution in [1.29, 1.82) is 0 Å². The van der Waals surface area contributed by atoms with E-state index in [1.165, 1.54) is 0 Å². The minimum Gasteiger partial charge on any atom is -0.378 e. The van der Waals surface area contributed by atoms with Crippen molar-refractivity contribution in [2.45, 2.75) is 52.2 Å². The van der Waals surface area contributed by atoms with Crippen molar-refractivity contribution in [3.63, 3.8) is 0 Å². The van der Waals surface area contributed by atoms with Crippen molar-refractivity contribution in [2.24, 2.45) is 0 Å². The Labute approximate surface area is 130 Å². The molecular formula is C18H22N2O2. The fourth-order valence-electron chi connectivity index (χ4n) is 2.21. The second kappa shape index (κ2) is 6.76. The van der Waals surface area contributed by atoms with Gasteiger partial charge in [-0.25, -0.2) is 0 Å². The van der Waals surface area contributed by atoms with Gasteiger partial charge in [0.1, 0.15) is 5.60 Å². The van der Waals surface area contributed by atoms with Crippen molar-refractivity contribution in [2.75, 3.05) is 0 Å². The van der Waals surface area contributed by atoms with E-state index < -0.39 is 5.60 Å². The van der Waals surface area contributed by atoms with Crippen LogP contribution in [0.2, 0.25) is 0 Å². The average molecular weight is 298 g/mol. The zero-order chi connectivity index (χ0) is 16.2. The second-order valence-electron chi connectivity index (χ2n) is 5.93. The number of benzene rings is 1. The van der Waals surface area contributed by atoms with Crippen LogP contribution >= 0.6 is 0 Å². The molecule has 0 radical (unpaired) electrons. The van der Waals surface area contributed by atoms with E-state index in [0.717, 1.165) is 31.3 Å². The predicted octanol–water partition coefficient (Wildman–Crippen LogP) is 2.71. The molecule has 0 fully saturated rings. The summed E-state index contributed by atoms with van der Waals surface area (Å²) in [4.78, 5) is 12.5.